The molecule has 1 aromatic rings. The second-order valence-corrected chi connectivity index (χ2v) is 5.33. The van der Waals surface area contributed by atoms with Crippen molar-refractivity contribution in [2.45, 2.75) is 20.3 Å². The Bertz CT molecular complexity index is 604. The lowest BCUT2D eigenvalue weighted by atomic mass is 10.0. The molecular weight excluding hydrogens is 280 g/mol. The Labute approximate surface area is 130 Å². The molecule has 0 aromatic heterocycles. The predicted molar refractivity (Wildman–Crippen MR) is 87.1 cm³/mol. The third-order valence-corrected chi connectivity index (χ3v) is 2.98. The van der Waals surface area contributed by atoms with Crippen molar-refractivity contribution in [2.75, 3.05) is 0 Å². The van der Waals surface area contributed by atoms with Gasteiger partial charge in [0.15, 0.2) is 0 Å². The lowest BCUT2D eigenvalue weighted by Gasteiger charge is -2.02. The van der Waals surface area contributed by atoms with Crippen molar-refractivity contribution >= 4 is 18.0 Å². The molecule has 0 spiro atoms. The first kappa shape index (κ1) is 17.4. The van der Waals surface area contributed by atoms with Crippen LogP contribution in [-0.4, -0.2) is 22.2 Å². The first-order valence-corrected chi connectivity index (χ1v) is 6.95. The van der Waals surface area contributed by atoms with Crippen molar-refractivity contribution in [2.24, 2.45) is 5.92 Å². The van der Waals surface area contributed by atoms with Crippen LogP contribution in [0.15, 0.2) is 48.6 Å². The molecule has 0 fully saturated rings. The first-order chi connectivity index (χ1) is 10.3. The van der Waals surface area contributed by atoms with Crippen LogP contribution >= 0.6 is 0 Å². The van der Waals surface area contributed by atoms with Gasteiger partial charge < -0.3 is 10.2 Å². The van der Waals surface area contributed by atoms with Crippen molar-refractivity contribution in [1.29, 1.82) is 0 Å². The molecule has 0 saturated heterocycles. The van der Waals surface area contributed by atoms with Gasteiger partial charge >= 0.3 is 11.9 Å². The van der Waals surface area contributed by atoms with E-state index in [-0.39, 0.29) is 11.1 Å². The lowest BCUT2D eigenvalue weighted by molar-refractivity contribution is 0.0696. The van der Waals surface area contributed by atoms with Crippen LogP contribution < -0.4 is 0 Å². The molecule has 0 unspecified atom stereocenters. The quantitative estimate of drug-likeness (QED) is 0.738. The molecule has 22 heavy (non-hydrogen) atoms. The molecule has 0 bridgehead atoms. The summed E-state index contributed by atoms with van der Waals surface area (Å²) in [4.78, 5) is 22.1. The topological polar surface area (TPSA) is 74.6 Å². The highest BCUT2D eigenvalue weighted by atomic mass is 16.4. The predicted octanol–water partition coefficient (Wildman–Crippen LogP) is 4.25. The third kappa shape index (κ3) is 5.40. The van der Waals surface area contributed by atoms with E-state index in [0.29, 0.717) is 11.5 Å². The summed E-state index contributed by atoms with van der Waals surface area (Å²) in [6.07, 6.45) is 8.13. The molecule has 0 aliphatic rings. The van der Waals surface area contributed by atoms with Crippen LogP contribution in [0.1, 0.15) is 46.5 Å². The minimum absolute atomic E-state index is 0.0501. The van der Waals surface area contributed by atoms with Gasteiger partial charge in [0.2, 0.25) is 0 Å². The van der Waals surface area contributed by atoms with Crippen molar-refractivity contribution in [3.63, 3.8) is 0 Å². The zero-order valence-electron chi connectivity index (χ0n) is 12.7. The van der Waals surface area contributed by atoms with E-state index in [1.165, 1.54) is 12.1 Å². The number of aromatic carboxylic acids is 2. The van der Waals surface area contributed by atoms with E-state index in [1.807, 2.05) is 6.08 Å². The van der Waals surface area contributed by atoms with E-state index < -0.39 is 11.9 Å². The number of rotatable bonds is 7. The zero-order chi connectivity index (χ0) is 16.7. The monoisotopic (exact) mass is 300 g/mol. The van der Waals surface area contributed by atoms with Crippen molar-refractivity contribution in [3.05, 3.63) is 65.3 Å². The Morgan fingerprint density at radius 2 is 1.68 bits per heavy atom. The standard InChI is InChI=1S/C18H20O4/c1-4-13(6-5-12(2)3)7-8-14-9-15(17(19)20)11-16(10-14)18(21)22/h4,6-12H,1,5H2,2-3H3,(H,19,20)(H,21,22)/b8-7+,13-6+. The number of carboxylic acids is 2. The van der Waals surface area contributed by atoms with Crippen LogP contribution in [0.4, 0.5) is 0 Å². The Kier molecular flexibility index (Phi) is 6.32. The Morgan fingerprint density at radius 1 is 1.14 bits per heavy atom. The SMILES string of the molecule is C=CC(/C=C/c1cc(C(=O)O)cc(C(=O)O)c1)=C\CC(C)C. The van der Waals surface area contributed by atoms with Crippen molar-refractivity contribution < 1.29 is 19.8 Å². The number of carboxylic acid groups (broad SMARTS) is 2. The highest BCUT2D eigenvalue weighted by molar-refractivity contribution is 5.94. The summed E-state index contributed by atoms with van der Waals surface area (Å²) < 4.78 is 0. The van der Waals surface area contributed by atoms with Gasteiger partial charge in [-0.25, -0.2) is 9.59 Å². The van der Waals surface area contributed by atoms with Gasteiger partial charge in [0, 0.05) is 0 Å². The van der Waals surface area contributed by atoms with Gasteiger partial charge in [0.05, 0.1) is 11.1 Å². The third-order valence-electron chi connectivity index (χ3n) is 2.98. The average Bonchev–Trinajstić information content (AvgIpc) is 2.46. The first-order valence-electron chi connectivity index (χ1n) is 6.95. The minimum Gasteiger partial charge on any atom is -0.478 e. The van der Waals surface area contributed by atoms with Crippen LogP contribution in [0.3, 0.4) is 0 Å². The van der Waals surface area contributed by atoms with Gasteiger partial charge in [-0.05, 0) is 41.7 Å². The van der Waals surface area contributed by atoms with Gasteiger partial charge in [0.25, 0.3) is 0 Å². The molecule has 4 heteroatoms. The van der Waals surface area contributed by atoms with Crippen LogP contribution in [-0.2, 0) is 0 Å². The largest absolute Gasteiger partial charge is 0.478 e. The summed E-state index contributed by atoms with van der Waals surface area (Å²) in [7, 11) is 0. The van der Waals surface area contributed by atoms with Crippen molar-refractivity contribution in [1.82, 2.24) is 0 Å². The smallest absolute Gasteiger partial charge is 0.335 e. The number of benzene rings is 1. The summed E-state index contributed by atoms with van der Waals surface area (Å²) >= 11 is 0. The summed E-state index contributed by atoms with van der Waals surface area (Å²) in [5, 5.41) is 18.1. The summed E-state index contributed by atoms with van der Waals surface area (Å²) in [6.45, 7) is 7.95. The molecule has 1 aromatic carbocycles. The number of carbonyl (C=O) groups is 2. The molecule has 0 atom stereocenters. The molecule has 0 radical (unpaired) electrons. The van der Waals surface area contributed by atoms with Crippen LogP contribution in [0.25, 0.3) is 6.08 Å². The van der Waals surface area contributed by atoms with Gasteiger partial charge in [-0.2, -0.15) is 0 Å². The van der Waals surface area contributed by atoms with E-state index in [2.05, 4.69) is 20.4 Å². The number of hydrogen-bond acceptors (Lipinski definition) is 2. The van der Waals surface area contributed by atoms with Crippen molar-refractivity contribution in [3.8, 4) is 0 Å². The average molecular weight is 300 g/mol. The van der Waals surface area contributed by atoms with E-state index in [9.17, 15) is 9.59 Å². The maximum absolute atomic E-state index is 11.1. The van der Waals surface area contributed by atoms with E-state index in [0.717, 1.165) is 18.1 Å². The fourth-order valence-electron chi connectivity index (χ4n) is 1.78. The molecule has 116 valence electrons. The zero-order valence-corrected chi connectivity index (χ0v) is 12.7. The second kappa shape index (κ2) is 7.98. The van der Waals surface area contributed by atoms with E-state index in [1.54, 1.807) is 18.2 Å². The van der Waals surface area contributed by atoms with Gasteiger partial charge in [-0.3, -0.25) is 0 Å². The number of allylic oxidation sites excluding steroid dienone is 4. The fourth-order valence-corrected chi connectivity index (χ4v) is 1.78. The van der Waals surface area contributed by atoms with E-state index >= 15 is 0 Å². The number of hydrogen-bond donors (Lipinski definition) is 2. The summed E-state index contributed by atoms with van der Waals surface area (Å²) in [6, 6.07) is 4.02. The second-order valence-electron chi connectivity index (χ2n) is 5.33. The lowest BCUT2D eigenvalue weighted by Crippen LogP contribution is -2.02. The highest BCUT2D eigenvalue weighted by Crippen LogP contribution is 2.15. The van der Waals surface area contributed by atoms with Crippen LogP contribution in [0.2, 0.25) is 0 Å². The molecule has 0 amide bonds. The molecule has 0 aliphatic heterocycles. The Hall–Kier alpha value is -2.62. The molecule has 0 saturated carbocycles. The van der Waals surface area contributed by atoms with Gasteiger partial charge in [0.1, 0.15) is 0 Å². The maximum atomic E-state index is 11.1. The Balaban J connectivity index is 3.12. The van der Waals surface area contributed by atoms with Crippen LogP contribution in [0.5, 0.6) is 0 Å². The molecule has 2 N–H and O–H groups in total. The molecule has 1 rings (SSSR count). The van der Waals surface area contributed by atoms with E-state index in [4.69, 9.17) is 10.2 Å². The summed E-state index contributed by atoms with van der Waals surface area (Å²) in [5.74, 6) is -1.79. The molecule has 0 aliphatic carbocycles. The van der Waals surface area contributed by atoms with Gasteiger partial charge in [-0.15, -0.1) is 0 Å². The van der Waals surface area contributed by atoms with Crippen LogP contribution in [0, 0.1) is 5.92 Å². The molecule has 0 heterocycles. The van der Waals surface area contributed by atoms with Gasteiger partial charge in [-0.1, -0.05) is 44.7 Å². The maximum Gasteiger partial charge on any atom is 0.335 e. The highest BCUT2D eigenvalue weighted by Gasteiger charge is 2.10. The normalized spacial score (nSPS) is 11.9. The minimum atomic E-state index is -1.16. The fraction of sp³-hybridized carbons (Fsp3) is 0.222. The molecular formula is C18H20O4. The molecule has 4 nitrogen and oxygen atoms in total. The Morgan fingerprint density at radius 3 is 2.09 bits per heavy atom. The summed E-state index contributed by atoms with van der Waals surface area (Å²) in [5.41, 5.74) is 1.33.